The lowest BCUT2D eigenvalue weighted by Crippen LogP contribution is -2.35. The number of rotatable bonds is 5. The summed E-state index contributed by atoms with van der Waals surface area (Å²) in [4.78, 5) is 15.4. The van der Waals surface area contributed by atoms with Crippen LogP contribution in [0.15, 0.2) is 170 Å². The van der Waals surface area contributed by atoms with E-state index in [1.54, 1.807) is 0 Å². The summed E-state index contributed by atoms with van der Waals surface area (Å²) in [6.45, 7) is 0. The highest BCUT2D eigenvalue weighted by Gasteiger charge is 2.21. The first kappa shape index (κ1) is 29.3. The van der Waals surface area contributed by atoms with Crippen molar-refractivity contribution in [3.63, 3.8) is 0 Å². The summed E-state index contributed by atoms with van der Waals surface area (Å²) in [5.41, 5.74) is 8.79. The van der Waals surface area contributed by atoms with E-state index >= 15 is 0 Å². The van der Waals surface area contributed by atoms with Crippen LogP contribution in [0.5, 0.6) is 0 Å². The Morgan fingerprint density at radius 2 is 1.16 bits per heavy atom. The number of fused-ring (bicyclic) bond motifs is 5. The summed E-state index contributed by atoms with van der Waals surface area (Å²) in [6.07, 6.45) is 12.3. The molecule has 4 nitrogen and oxygen atoms in total. The van der Waals surface area contributed by atoms with Crippen molar-refractivity contribution in [2.45, 2.75) is 6.42 Å². The predicted octanol–water partition coefficient (Wildman–Crippen LogP) is 9.71. The minimum atomic E-state index is 0.373. The smallest absolute Gasteiger partial charge is 0.164 e. The van der Waals surface area contributed by atoms with Gasteiger partial charge in [0.05, 0.1) is 10.9 Å². The van der Waals surface area contributed by atoms with Crippen LogP contribution in [0, 0.1) is 5.92 Å². The molecule has 2 aliphatic carbocycles. The molecule has 240 valence electrons. The van der Waals surface area contributed by atoms with E-state index in [1.807, 2.05) is 6.07 Å². The van der Waals surface area contributed by atoms with Gasteiger partial charge in [0.1, 0.15) is 0 Å². The zero-order valence-electron chi connectivity index (χ0n) is 27.8. The number of hydrogen-bond donors (Lipinski definition) is 0. The highest BCUT2D eigenvalue weighted by molar-refractivity contribution is 5.88. The van der Waals surface area contributed by atoms with Gasteiger partial charge in [0.15, 0.2) is 17.5 Å². The van der Waals surface area contributed by atoms with Gasteiger partial charge in [-0.15, -0.1) is 0 Å². The second-order valence-corrected chi connectivity index (χ2v) is 13.2. The first-order chi connectivity index (χ1) is 25.3. The first-order valence-corrected chi connectivity index (χ1v) is 17.5. The van der Waals surface area contributed by atoms with Gasteiger partial charge in [-0.1, -0.05) is 152 Å². The lowest BCUT2D eigenvalue weighted by molar-refractivity contribution is 0.848. The molecule has 0 aliphatic heterocycles. The fourth-order valence-electron chi connectivity index (χ4n) is 7.63. The molecule has 0 radical (unpaired) electrons. The number of hydrogen-bond acceptors (Lipinski definition) is 3. The van der Waals surface area contributed by atoms with Crippen molar-refractivity contribution in [1.29, 1.82) is 0 Å². The summed E-state index contributed by atoms with van der Waals surface area (Å²) in [5.74, 6) is 2.30. The summed E-state index contributed by atoms with van der Waals surface area (Å²) >= 11 is 0. The number of aromatic nitrogens is 4. The van der Waals surface area contributed by atoms with E-state index in [-0.39, 0.29) is 0 Å². The third-order valence-corrected chi connectivity index (χ3v) is 10.1. The van der Waals surface area contributed by atoms with Crippen LogP contribution < -0.4 is 10.6 Å². The molecular formula is C47H32N4. The first-order valence-electron chi connectivity index (χ1n) is 17.5. The SMILES string of the molecule is C1=CC2=c3c(c4ccccc4n3-c3cccc(-c4nc(-c5ccc(-c6ccccc6)cc5)nc(-c5ccc6ccccc6c5)n4)c3)=CCC2C=C1. The van der Waals surface area contributed by atoms with E-state index in [0.717, 1.165) is 39.7 Å². The quantitative estimate of drug-likeness (QED) is 0.186. The van der Waals surface area contributed by atoms with Crippen LogP contribution in [-0.4, -0.2) is 19.5 Å². The van der Waals surface area contributed by atoms with Gasteiger partial charge in [0, 0.05) is 38.9 Å². The van der Waals surface area contributed by atoms with Gasteiger partial charge in [-0.2, -0.15) is 0 Å². The Balaban J connectivity index is 1.16. The molecule has 4 heteroatoms. The largest absolute Gasteiger partial charge is 0.309 e. The maximum Gasteiger partial charge on any atom is 0.164 e. The molecule has 0 saturated carbocycles. The van der Waals surface area contributed by atoms with Crippen molar-refractivity contribution in [2.24, 2.45) is 5.92 Å². The average molecular weight is 653 g/mol. The van der Waals surface area contributed by atoms with Gasteiger partial charge in [0.2, 0.25) is 0 Å². The van der Waals surface area contributed by atoms with E-state index < -0.39 is 0 Å². The Hall–Kier alpha value is -6.65. The Morgan fingerprint density at radius 3 is 2.00 bits per heavy atom. The summed E-state index contributed by atoms with van der Waals surface area (Å²) in [6, 6.07) is 51.1. The Bertz CT molecular complexity index is 2820. The van der Waals surface area contributed by atoms with Crippen molar-refractivity contribution in [2.75, 3.05) is 0 Å². The lowest BCUT2D eigenvalue weighted by atomic mass is 9.87. The van der Waals surface area contributed by atoms with Gasteiger partial charge < -0.3 is 4.57 Å². The molecule has 51 heavy (non-hydrogen) atoms. The summed E-state index contributed by atoms with van der Waals surface area (Å²) < 4.78 is 2.42. The van der Waals surface area contributed by atoms with Crippen LogP contribution in [0.25, 0.3) is 84.3 Å². The van der Waals surface area contributed by atoms with E-state index in [0.29, 0.717) is 23.4 Å². The predicted molar refractivity (Wildman–Crippen MR) is 209 cm³/mol. The molecule has 1 atom stereocenters. The van der Waals surface area contributed by atoms with E-state index in [1.165, 1.54) is 38.0 Å². The van der Waals surface area contributed by atoms with Crippen LogP contribution in [0.1, 0.15) is 6.42 Å². The normalized spacial score (nSPS) is 14.7. The Labute approximate surface area is 295 Å². The highest BCUT2D eigenvalue weighted by atomic mass is 15.0. The van der Waals surface area contributed by atoms with E-state index in [2.05, 4.69) is 174 Å². The number of allylic oxidation sites excluding steroid dienone is 4. The monoisotopic (exact) mass is 652 g/mol. The van der Waals surface area contributed by atoms with Crippen molar-refractivity contribution < 1.29 is 0 Å². The van der Waals surface area contributed by atoms with Crippen LogP contribution >= 0.6 is 0 Å². The molecule has 2 aliphatic rings. The van der Waals surface area contributed by atoms with Crippen LogP contribution in [0.4, 0.5) is 0 Å². The molecule has 6 aromatic carbocycles. The van der Waals surface area contributed by atoms with Gasteiger partial charge in [0.25, 0.3) is 0 Å². The molecular weight excluding hydrogens is 621 g/mol. The van der Waals surface area contributed by atoms with E-state index in [9.17, 15) is 0 Å². The molecule has 0 amide bonds. The van der Waals surface area contributed by atoms with Crippen LogP contribution in [0.3, 0.4) is 0 Å². The van der Waals surface area contributed by atoms with Crippen LogP contribution in [0.2, 0.25) is 0 Å². The third-order valence-electron chi connectivity index (χ3n) is 10.1. The molecule has 0 saturated heterocycles. The number of nitrogens with zero attached hydrogens (tertiary/aromatic N) is 4. The molecule has 0 fully saturated rings. The molecule has 2 heterocycles. The maximum atomic E-state index is 5.15. The van der Waals surface area contributed by atoms with Gasteiger partial charge in [-0.3, -0.25) is 0 Å². The fraction of sp³-hybridized carbons (Fsp3) is 0.0426. The van der Waals surface area contributed by atoms with Crippen molar-refractivity contribution in [3.05, 3.63) is 180 Å². The third kappa shape index (κ3) is 5.12. The second kappa shape index (κ2) is 12.0. The molecule has 0 bridgehead atoms. The van der Waals surface area contributed by atoms with Crippen molar-refractivity contribution in [3.8, 4) is 51.0 Å². The molecule has 2 aromatic heterocycles. The summed E-state index contributed by atoms with van der Waals surface area (Å²) in [7, 11) is 0. The minimum absolute atomic E-state index is 0.373. The van der Waals surface area contributed by atoms with Crippen LogP contribution in [-0.2, 0) is 0 Å². The average Bonchev–Trinajstić information content (AvgIpc) is 3.56. The highest BCUT2D eigenvalue weighted by Crippen LogP contribution is 2.31. The molecule has 10 rings (SSSR count). The molecule has 0 spiro atoms. The number of benzene rings is 6. The van der Waals surface area contributed by atoms with Gasteiger partial charge in [-0.25, -0.2) is 15.0 Å². The maximum absolute atomic E-state index is 5.15. The lowest BCUT2D eigenvalue weighted by Gasteiger charge is -2.19. The standard InChI is InChI=1S/C47H32N4/c1-2-11-31(12-3-1)33-21-24-35(25-22-33)45-48-46(50-47(49-45)38-26-23-32-13-4-5-15-36(32)29-38)37-16-10-17-39(30-37)51-43-20-9-8-19-41(43)42-28-27-34-14-6-7-18-40(34)44(42)51/h1-26,28-30,34H,27H2. The molecule has 8 aromatic rings. The Morgan fingerprint density at radius 1 is 0.510 bits per heavy atom. The molecule has 1 unspecified atom stereocenters. The fourth-order valence-corrected chi connectivity index (χ4v) is 7.63. The Kier molecular flexibility index (Phi) is 6.91. The minimum Gasteiger partial charge on any atom is -0.309 e. The topological polar surface area (TPSA) is 43.6 Å². The second-order valence-electron chi connectivity index (χ2n) is 13.2. The molecule has 0 N–H and O–H groups in total. The zero-order chi connectivity index (χ0) is 33.7. The van der Waals surface area contributed by atoms with Crippen molar-refractivity contribution in [1.82, 2.24) is 19.5 Å². The zero-order valence-corrected chi connectivity index (χ0v) is 27.8. The van der Waals surface area contributed by atoms with Crippen molar-refractivity contribution >= 4 is 33.3 Å². The van der Waals surface area contributed by atoms with Gasteiger partial charge >= 0.3 is 0 Å². The van der Waals surface area contributed by atoms with Gasteiger partial charge in [-0.05, 0) is 58.2 Å². The number of para-hydroxylation sites is 1. The van der Waals surface area contributed by atoms with E-state index in [4.69, 9.17) is 15.0 Å². The summed E-state index contributed by atoms with van der Waals surface area (Å²) in [5, 5.41) is 6.17.